The number of ether oxygens (including phenoxy) is 2. The van der Waals surface area contributed by atoms with E-state index in [-0.39, 0.29) is 11.9 Å². The lowest BCUT2D eigenvalue weighted by atomic mass is 9.83. The van der Waals surface area contributed by atoms with E-state index in [9.17, 15) is 4.79 Å². The Kier molecular flexibility index (Phi) is 5.54. The molecule has 0 fully saturated rings. The number of anilines is 1. The summed E-state index contributed by atoms with van der Waals surface area (Å²) in [6.45, 7) is 5.99. The van der Waals surface area contributed by atoms with Gasteiger partial charge in [-0.25, -0.2) is 4.98 Å². The first kappa shape index (κ1) is 23.6. The second-order valence-corrected chi connectivity index (χ2v) is 10.4. The average Bonchev–Trinajstić information content (AvgIpc) is 3.30. The van der Waals surface area contributed by atoms with Crippen molar-refractivity contribution in [3.8, 4) is 0 Å². The van der Waals surface area contributed by atoms with Gasteiger partial charge in [0.15, 0.2) is 0 Å². The number of amides is 1. The molecule has 0 bridgehead atoms. The van der Waals surface area contributed by atoms with Crippen molar-refractivity contribution in [2.75, 3.05) is 32.6 Å². The summed E-state index contributed by atoms with van der Waals surface area (Å²) >= 11 is 0. The predicted octanol–water partition coefficient (Wildman–Crippen LogP) is 4.59. The number of likely N-dealkylation sites (N-methyl/N-ethyl adjacent to an activating group) is 1. The summed E-state index contributed by atoms with van der Waals surface area (Å²) < 4.78 is 13.6. The Morgan fingerprint density at radius 3 is 2.81 bits per heavy atom. The third-order valence-corrected chi connectivity index (χ3v) is 7.74. The lowest BCUT2D eigenvalue weighted by Gasteiger charge is -2.41. The number of carbonyl (C=O) groups excluding carboxylic acids is 1. The molecule has 2 aliphatic heterocycles. The highest BCUT2D eigenvalue weighted by atomic mass is 16.5. The number of nitrogen functional groups attached to an aromatic ring is 1. The summed E-state index contributed by atoms with van der Waals surface area (Å²) in [5.41, 5.74) is 12.6. The molecule has 4 aromatic rings. The van der Waals surface area contributed by atoms with Crippen molar-refractivity contribution in [2.45, 2.75) is 31.9 Å². The zero-order valence-corrected chi connectivity index (χ0v) is 21.6. The maximum Gasteiger partial charge on any atom is 0.254 e. The molecule has 1 atom stereocenters. The van der Waals surface area contributed by atoms with Gasteiger partial charge in [-0.1, -0.05) is 18.2 Å². The molecule has 2 aromatic heterocycles. The molecule has 190 valence electrons. The van der Waals surface area contributed by atoms with Crippen LogP contribution in [0.2, 0.25) is 0 Å². The Morgan fingerprint density at radius 1 is 1.19 bits per heavy atom. The maximum absolute atomic E-state index is 13.8. The van der Waals surface area contributed by atoms with Crippen molar-refractivity contribution >= 4 is 39.1 Å². The van der Waals surface area contributed by atoms with Crippen molar-refractivity contribution in [2.24, 2.45) is 7.05 Å². The molecule has 0 aliphatic carbocycles. The molecule has 0 saturated heterocycles. The Balaban J connectivity index is 1.37. The molecule has 2 aromatic carbocycles. The topological polar surface area (TPSA) is 95.5 Å². The van der Waals surface area contributed by atoms with Crippen molar-refractivity contribution in [3.63, 3.8) is 0 Å². The summed E-state index contributed by atoms with van der Waals surface area (Å²) in [4.78, 5) is 20.1. The fraction of sp³-hybridized carbons (Fsp3) is 0.345. The molecule has 6 rings (SSSR count). The summed E-state index contributed by atoms with van der Waals surface area (Å²) in [5.74, 6) is 0.353. The van der Waals surface area contributed by atoms with Crippen molar-refractivity contribution in [1.82, 2.24) is 19.7 Å². The fourth-order valence-corrected chi connectivity index (χ4v) is 5.57. The molecule has 0 saturated carbocycles. The zero-order valence-electron chi connectivity index (χ0n) is 21.6. The van der Waals surface area contributed by atoms with E-state index in [1.165, 1.54) is 11.1 Å². The Hall–Kier alpha value is -3.75. The Labute approximate surface area is 215 Å². The predicted molar refractivity (Wildman–Crippen MR) is 144 cm³/mol. The van der Waals surface area contributed by atoms with Gasteiger partial charge in [0.05, 0.1) is 54.1 Å². The van der Waals surface area contributed by atoms with E-state index in [2.05, 4.69) is 48.2 Å². The van der Waals surface area contributed by atoms with E-state index in [1.807, 2.05) is 32.3 Å². The van der Waals surface area contributed by atoms with Gasteiger partial charge >= 0.3 is 0 Å². The second kappa shape index (κ2) is 8.68. The van der Waals surface area contributed by atoms with Gasteiger partial charge in [0.2, 0.25) is 0 Å². The monoisotopic (exact) mass is 497 g/mol. The summed E-state index contributed by atoms with van der Waals surface area (Å²) in [7, 11) is 3.71. The SMILES string of the molecule is CN(C(=O)c1ccc2nc(N)c3cnn(C)c3c2c1)[C@@H]1COC(C)(C)c2cc(C3=CCOCC3)ccc21. The molecule has 8 heteroatoms. The molecule has 1 amide bonds. The van der Waals surface area contributed by atoms with Crippen LogP contribution in [0, 0.1) is 0 Å². The number of nitrogens with two attached hydrogens (primary N) is 1. The van der Waals surface area contributed by atoms with Crippen LogP contribution in [0.25, 0.3) is 27.4 Å². The molecule has 0 unspecified atom stereocenters. The number of nitrogens with zero attached hydrogens (tertiary/aromatic N) is 4. The number of pyridine rings is 1. The van der Waals surface area contributed by atoms with E-state index in [0.29, 0.717) is 24.6 Å². The summed E-state index contributed by atoms with van der Waals surface area (Å²) in [6, 6.07) is 11.9. The number of fused-ring (bicyclic) bond motifs is 4. The third kappa shape index (κ3) is 3.88. The van der Waals surface area contributed by atoms with Crippen LogP contribution in [0.3, 0.4) is 0 Å². The van der Waals surface area contributed by atoms with E-state index in [0.717, 1.165) is 46.0 Å². The zero-order chi connectivity index (χ0) is 25.9. The highest BCUT2D eigenvalue weighted by molar-refractivity contribution is 6.10. The van der Waals surface area contributed by atoms with Crippen LogP contribution in [-0.4, -0.2) is 52.4 Å². The average molecular weight is 498 g/mol. The third-order valence-electron chi connectivity index (χ3n) is 7.74. The number of carbonyl (C=O) groups is 1. The first-order chi connectivity index (χ1) is 17.7. The van der Waals surface area contributed by atoms with Gasteiger partial charge < -0.3 is 20.1 Å². The number of rotatable bonds is 3. The molecule has 37 heavy (non-hydrogen) atoms. The normalized spacial score (nSPS) is 19.0. The number of hydrogen-bond acceptors (Lipinski definition) is 6. The molecule has 2 aliphatic rings. The quantitative estimate of drug-likeness (QED) is 0.445. The molecule has 4 heterocycles. The minimum Gasteiger partial charge on any atom is -0.383 e. The number of aromatic nitrogens is 3. The number of hydrogen-bond donors (Lipinski definition) is 1. The molecule has 8 nitrogen and oxygen atoms in total. The number of benzene rings is 2. The van der Waals surface area contributed by atoms with Crippen LogP contribution in [0.5, 0.6) is 0 Å². The maximum atomic E-state index is 13.8. The van der Waals surface area contributed by atoms with Crippen LogP contribution in [0.15, 0.2) is 48.7 Å². The van der Waals surface area contributed by atoms with Crippen LogP contribution in [0.1, 0.15) is 53.4 Å². The summed E-state index contributed by atoms with van der Waals surface area (Å²) in [6.07, 6.45) is 4.76. The lowest BCUT2D eigenvalue weighted by Crippen LogP contribution is -2.41. The fourth-order valence-electron chi connectivity index (χ4n) is 5.57. The first-order valence-corrected chi connectivity index (χ1v) is 12.6. The standard InChI is InChI=1S/C29H31N5O3/c1-29(2)23-14-18(17-9-11-36-12-10-17)5-7-20(23)25(16-37-29)33(3)28(35)19-6-8-24-21(13-19)26-22(27(30)32-24)15-31-34(26)4/h5-9,13-15,25H,10-12,16H2,1-4H3,(H2,30,32)/t25-/m1/s1. The molecular formula is C29H31N5O3. The Bertz CT molecular complexity index is 1590. The van der Waals surface area contributed by atoms with Gasteiger partial charge in [-0.05, 0) is 66.8 Å². The van der Waals surface area contributed by atoms with E-state index < -0.39 is 5.60 Å². The minimum atomic E-state index is -0.447. The molecular weight excluding hydrogens is 466 g/mol. The van der Waals surface area contributed by atoms with Crippen molar-refractivity contribution < 1.29 is 14.3 Å². The first-order valence-electron chi connectivity index (χ1n) is 12.6. The van der Waals surface area contributed by atoms with Gasteiger partial charge in [-0.2, -0.15) is 5.10 Å². The molecule has 0 spiro atoms. The largest absolute Gasteiger partial charge is 0.383 e. The van der Waals surface area contributed by atoms with Crippen LogP contribution >= 0.6 is 0 Å². The van der Waals surface area contributed by atoms with Gasteiger partial charge in [0.25, 0.3) is 5.91 Å². The van der Waals surface area contributed by atoms with E-state index in [4.69, 9.17) is 15.2 Å². The van der Waals surface area contributed by atoms with Crippen LogP contribution in [-0.2, 0) is 22.1 Å². The summed E-state index contributed by atoms with van der Waals surface area (Å²) in [5, 5.41) is 5.97. The van der Waals surface area contributed by atoms with Gasteiger partial charge in [0.1, 0.15) is 5.82 Å². The number of aryl methyl sites for hydroxylation is 1. The van der Waals surface area contributed by atoms with Crippen molar-refractivity contribution in [1.29, 1.82) is 0 Å². The van der Waals surface area contributed by atoms with E-state index >= 15 is 0 Å². The van der Waals surface area contributed by atoms with Crippen LogP contribution < -0.4 is 5.73 Å². The highest BCUT2D eigenvalue weighted by Crippen LogP contribution is 2.41. The lowest BCUT2D eigenvalue weighted by molar-refractivity contribution is -0.0611. The van der Waals surface area contributed by atoms with Crippen LogP contribution in [0.4, 0.5) is 5.82 Å². The minimum absolute atomic E-state index is 0.0792. The van der Waals surface area contributed by atoms with E-state index in [1.54, 1.807) is 15.8 Å². The highest BCUT2D eigenvalue weighted by Gasteiger charge is 2.37. The Morgan fingerprint density at radius 2 is 2.03 bits per heavy atom. The molecule has 2 N–H and O–H groups in total. The van der Waals surface area contributed by atoms with Gasteiger partial charge in [-0.15, -0.1) is 0 Å². The van der Waals surface area contributed by atoms with Gasteiger partial charge in [-0.3, -0.25) is 9.48 Å². The smallest absolute Gasteiger partial charge is 0.254 e. The van der Waals surface area contributed by atoms with Gasteiger partial charge in [0, 0.05) is 25.0 Å². The van der Waals surface area contributed by atoms with Crippen molar-refractivity contribution in [3.05, 3.63) is 70.9 Å². The second-order valence-electron chi connectivity index (χ2n) is 10.4. The molecule has 0 radical (unpaired) electrons.